The lowest BCUT2D eigenvalue weighted by Gasteiger charge is -2.33. The van der Waals surface area contributed by atoms with E-state index in [9.17, 15) is 4.79 Å². The maximum Gasteiger partial charge on any atom is 0.237 e. The zero-order valence-electron chi connectivity index (χ0n) is 11.1. The SMILES string of the molecule is O=C(NC1CCN(P)CC1)[C@@H]1CC[C@@H](NOP)CN1. The number of hydroxylamine groups is 1. The van der Waals surface area contributed by atoms with Gasteiger partial charge in [0.15, 0.2) is 0 Å². The molecule has 0 aliphatic carbocycles. The van der Waals surface area contributed by atoms with Gasteiger partial charge in [0.2, 0.25) is 5.91 Å². The molecule has 2 unspecified atom stereocenters. The molecule has 1 amide bonds. The summed E-state index contributed by atoms with van der Waals surface area (Å²) in [4.78, 5) is 12.2. The van der Waals surface area contributed by atoms with Gasteiger partial charge in [0.1, 0.15) is 0 Å². The van der Waals surface area contributed by atoms with Gasteiger partial charge in [-0.25, -0.2) is 0 Å². The van der Waals surface area contributed by atoms with Gasteiger partial charge in [0, 0.05) is 41.2 Å². The van der Waals surface area contributed by atoms with Crippen LogP contribution < -0.4 is 16.1 Å². The molecule has 4 atom stereocenters. The van der Waals surface area contributed by atoms with Crippen molar-refractivity contribution in [3.63, 3.8) is 0 Å². The van der Waals surface area contributed by atoms with Crippen LogP contribution in [0.3, 0.4) is 0 Å². The molecular formula is C11H24N4O2P2. The van der Waals surface area contributed by atoms with Crippen LogP contribution in [0.5, 0.6) is 0 Å². The Hall–Kier alpha value is 0.170. The first kappa shape index (κ1) is 15.6. The Bertz CT molecular complexity index is 292. The first-order valence-electron chi connectivity index (χ1n) is 6.83. The Morgan fingerprint density at radius 1 is 1.21 bits per heavy atom. The van der Waals surface area contributed by atoms with E-state index in [1.807, 2.05) is 0 Å². The summed E-state index contributed by atoms with van der Waals surface area (Å²) in [7, 11) is 4.90. The quantitative estimate of drug-likeness (QED) is 0.495. The van der Waals surface area contributed by atoms with Gasteiger partial charge < -0.3 is 10.6 Å². The van der Waals surface area contributed by atoms with Crippen molar-refractivity contribution in [3.05, 3.63) is 0 Å². The van der Waals surface area contributed by atoms with Crippen LogP contribution in [-0.2, 0) is 9.42 Å². The fraction of sp³-hybridized carbons (Fsp3) is 0.909. The molecule has 2 saturated heterocycles. The van der Waals surface area contributed by atoms with E-state index in [1.165, 1.54) is 0 Å². The topological polar surface area (TPSA) is 65.6 Å². The van der Waals surface area contributed by atoms with Crippen LogP contribution in [0.1, 0.15) is 25.7 Å². The highest BCUT2D eigenvalue weighted by Gasteiger charge is 2.27. The highest BCUT2D eigenvalue weighted by molar-refractivity contribution is 7.13. The van der Waals surface area contributed by atoms with Gasteiger partial charge >= 0.3 is 0 Å². The van der Waals surface area contributed by atoms with Crippen LogP contribution in [0, 0.1) is 0 Å². The van der Waals surface area contributed by atoms with Gasteiger partial charge in [-0.3, -0.25) is 14.1 Å². The molecule has 6 nitrogen and oxygen atoms in total. The average molecular weight is 306 g/mol. The second-order valence-corrected chi connectivity index (χ2v) is 6.26. The van der Waals surface area contributed by atoms with E-state index in [0.717, 1.165) is 45.3 Å². The maximum absolute atomic E-state index is 12.2. The normalized spacial score (nSPS) is 30.2. The molecule has 0 spiro atoms. The number of nitrogens with zero attached hydrogens (tertiary/aromatic N) is 1. The van der Waals surface area contributed by atoms with Crippen molar-refractivity contribution in [3.8, 4) is 0 Å². The lowest BCUT2D eigenvalue weighted by molar-refractivity contribution is -0.124. The fourth-order valence-electron chi connectivity index (χ4n) is 2.62. The molecule has 2 aliphatic heterocycles. The Morgan fingerprint density at radius 3 is 2.53 bits per heavy atom. The molecule has 0 radical (unpaired) electrons. The predicted octanol–water partition coefficient (Wildman–Crippen LogP) is -0.211. The standard InChI is InChI=1S/C11H24N4O2P2/c16-11(13-8-3-5-15(18)6-4-8)10-2-1-9(7-12-10)14-17-19/h8-10,12,14H,1-7,18-19H2,(H,13,16)/t9-,10+/m1/s1. The molecule has 3 N–H and O–H groups in total. The zero-order valence-corrected chi connectivity index (χ0v) is 13.4. The lowest BCUT2D eigenvalue weighted by atomic mass is 9.99. The first-order valence-corrected chi connectivity index (χ1v) is 7.82. The number of piperidine rings is 2. The van der Waals surface area contributed by atoms with Crippen LogP contribution in [0.15, 0.2) is 0 Å². The van der Waals surface area contributed by atoms with Crippen LogP contribution in [0.25, 0.3) is 0 Å². The van der Waals surface area contributed by atoms with Crippen LogP contribution in [-0.4, -0.2) is 48.3 Å². The molecule has 2 heterocycles. The molecular weight excluding hydrogens is 282 g/mol. The van der Waals surface area contributed by atoms with Crippen molar-refractivity contribution in [2.45, 2.75) is 43.8 Å². The number of hydrogen-bond donors (Lipinski definition) is 3. The molecule has 110 valence electrons. The van der Waals surface area contributed by atoms with Crippen molar-refractivity contribution >= 4 is 24.8 Å². The van der Waals surface area contributed by atoms with E-state index < -0.39 is 0 Å². The van der Waals surface area contributed by atoms with Crippen molar-refractivity contribution in [1.82, 2.24) is 20.8 Å². The number of carbonyl (C=O) groups excluding carboxylic acids is 1. The number of carbonyl (C=O) groups is 1. The Labute approximate surface area is 119 Å². The van der Waals surface area contributed by atoms with E-state index in [-0.39, 0.29) is 18.0 Å². The van der Waals surface area contributed by atoms with E-state index in [1.54, 1.807) is 0 Å². The van der Waals surface area contributed by atoms with Gasteiger partial charge in [-0.15, -0.1) is 0 Å². The van der Waals surface area contributed by atoms with Crippen LogP contribution in [0.4, 0.5) is 0 Å². The Balaban J connectivity index is 1.69. The van der Waals surface area contributed by atoms with Gasteiger partial charge in [-0.1, -0.05) is 9.39 Å². The Kier molecular flexibility index (Phi) is 6.40. The summed E-state index contributed by atoms with van der Waals surface area (Å²) in [6.07, 6.45) is 3.86. The molecule has 0 saturated carbocycles. The third kappa shape index (κ3) is 4.89. The van der Waals surface area contributed by atoms with Crippen molar-refractivity contribution in [2.75, 3.05) is 19.6 Å². The average Bonchev–Trinajstić information content (AvgIpc) is 2.42. The first-order chi connectivity index (χ1) is 9.19. The van der Waals surface area contributed by atoms with Gasteiger partial charge in [-0.05, 0) is 25.7 Å². The van der Waals surface area contributed by atoms with E-state index >= 15 is 0 Å². The van der Waals surface area contributed by atoms with Gasteiger partial charge in [0.05, 0.1) is 6.04 Å². The minimum absolute atomic E-state index is 0.0587. The third-order valence-electron chi connectivity index (χ3n) is 3.84. The van der Waals surface area contributed by atoms with Gasteiger partial charge in [-0.2, -0.15) is 5.48 Å². The van der Waals surface area contributed by atoms with Gasteiger partial charge in [0.25, 0.3) is 0 Å². The predicted molar refractivity (Wildman–Crippen MR) is 81.2 cm³/mol. The summed E-state index contributed by atoms with van der Waals surface area (Å²) in [5.41, 5.74) is 2.89. The molecule has 19 heavy (non-hydrogen) atoms. The summed E-state index contributed by atoms with van der Waals surface area (Å²) in [5.74, 6) is 0.146. The highest BCUT2D eigenvalue weighted by atomic mass is 31.0. The lowest BCUT2D eigenvalue weighted by Crippen LogP contribution is -2.55. The van der Waals surface area contributed by atoms with Crippen LogP contribution in [0.2, 0.25) is 0 Å². The minimum Gasteiger partial charge on any atom is -0.352 e. The number of hydrogen-bond acceptors (Lipinski definition) is 5. The number of rotatable bonds is 4. The molecule has 2 rings (SSSR count). The van der Waals surface area contributed by atoms with E-state index in [4.69, 9.17) is 4.62 Å². The molecule has 0 aromatic rings. The van der Waals surface area contributed by atoms with Crippen LogP contribution >= 0.6 is 18.9 Å². The fourth-order valence-corrected chi connectivity index (χ4v) is 3.11. The molecule has 0 aromatic heterocycles. The van der Waals surface area contributed by atoms with Crippen molar-refractivity contribution < 1.29 is 9.42 Å². The van der Waals surface area contributed by atoms with Crippen molar-refractivity contribution in [2.24, 2.45) is 0 Å². The highest BCUT2D eigenvalue weighted by Crippen LogP contribution is 2.14. The third-order valence-corrected chi connectivity index (χ3v) is 4.49. The smallest absolute Gasteiger partial charge is 0.237 e. The summed E-state index contributed by atoms with van der Waals surface area (Å²) in [6, 6.07) is 0.552. The monoisotopic (exact) mass is 306 g/mol. The van der Waals surface area contributed by atoms with Crippen molar-refractivity contribution in [1.29, 1.82) is 0 Å². The maximum atomic E-state index is 12.2. The molecule has 0 bridgehead atoms. The molecule has 0 aromatic carbocycles. The second kappa shape index (κ2) is 7.82. The molecule has 8 heteroatoms. The summed E-state index contributed by atoms with van der Waals surface area (Å²) >= 11 is 0. The minimum atomic E-state index is -0.0587. The van der Waals surface area contributed by atoms with E-state index in [2.05, 4.69) is 39.6 Å². The zero-order chi connectivity index (χ0) is 13.7. The second-order valence-electron chi connectivity index (χ2n) is 5.29. The summed E-state index contributed by atoms with van der Waals surface area (Å²) in [5, 5.41) is 6.44. The molecule has 2 aliphatic rings. The van der Waals surface area contributed by atoms with E-state index in [0.29, 0.717) is 6.04 Å². The number of nitrogens with one attached hydrogen (secondary N) is 3. The number of amides is 1. The summed E-state index contributed by atoms with van der Waals surface area (Å²) in [6.45, 7) is 2.83. The largest absolute Gasteiger partial charge is 0.352 e. The Morgan fingerprint density at radius 2 is 1.95 bits per heavy atom. The molecule has 2 fully saturated rings. The summed E-state index contributed by atoms with van der Waals surface area (Å²) < 4.78 is 7.05.